The zero-order valence-corrected chi connectivity index (χ0v) is 17.8. The molecule has 0 aliphatic carbocycles. The third kappa shape index (κ3) is 3.66. The van der Waals surface area contributed by atoms with Crippen molar-refractivity contribution in [3.8, 4) is 0 Å². The van der Waals surface area contributed by atoms with Crippen LogP contribution in [0.3, 0.4) is 0 Å². The van der Waals surface area contributed by atoms with Gasteiger partial charge in [0.2, 0.25) is 0 Å². The maximum absolute atomic E-state index is 12.8. The summed E-state index contributed by atoms with van der Waals surface area (Å²) in [5.41, 5.74) is 1.22. The molecule has 2 aromatic heterocycles. The average Bonchev–Trinajstić information content (AvgIpc) is 3.46. The molecule has 1 N–H and O–H groups in total. The van der Waals surface area contributed by atoms with E-state index in [1.54, 1.807) is 0 Å². The third-order valence-corrected chi connectivity index (χ3v) is 6.92. The van der Waals surface area contributed by atoms with Gasteiger partial charge < -0.3 is 14.6 Å². The van der Waals surface area contributed by atoms with Crippen molar-refractivity contribution >= 4 is 17.2 Å². The Morgan fingerprint density at radius 2 is 2.00 bits per heavy atom. The smallest absolute Gasteiger partial charge is 0.264 e. The molecule has 2 atom stereocenters. The molecular weight excluding hydrogens is 398 g/mol. The fraction of sp³-hybridized carbons (Fsp3) is 0.409. The Kier molecular flexibility index (Phi) is 5.14. The molecule has 3 aromatic rings. The predicted octanol–water partition coefficient (Wildman–Crippen LogP) is 2.61. The Labute approximate surface area is 179 Å². The molecular formula is C22H25N5O2S. The number of aliphatic hydroxyl groups excluding tert-OH is 1. The number of aliphatic hydroxyl groups is 1. The largest absolute Gasteiger partial charge is 0.392 e. The molecule has 1 fully saturated rings. The lowest BCUT2D eigenvalue weighted by Crippen LogP contribution is -2.39. The van der Waals surface area contributed by atoms with E-state index in [4.69, 9.17) is 0 Å². The minimum absolute atomic E-state index is 0.0312. The summed E-state index contributed by atoms with van der Waals surface area (Å²) in [6.45, 7) is 5.20. The molecule has 2 aliphatic rings. The molecule has 0 radical (unpaired) electrons. The molecule has 30 heavy (non-hydrogen) atoms. The molecule has 0 saturated carbocycles. The van der Waals surface area contributed by atoms with Crippen LogP contribution in [0.4, 0.5) is 0 Å². The Bertz CT molecular complexity index is 1050. The van der Waals surface area contributed by atoms with Crippen LogP contribution in [0.15, 0.2) is 42.5 Å². The number of thiophene rings is 1. The molecule has 8 heteroatoms. The number of fused-ring (bicyclic) bond motifs is 1. The number of aryl methyl sites for hydroxylation is 1. The number of carbonyl (C=O) groups excluding carboxylic acids is 1. The molecule has 5 rings (SSSR count). The Hall–Kier alpha value is -2.55. The summed E-state index contributed by atoms with van der Waals surface area (Å²) in [5.74, 6) is 1.78. The summed E-state index contributed by atoms with van der Waals surface area (Å²) in [5, 5.41) is 19.3. The van der Waals surface area contributed by atoms with Crippen molar-refractivity contribution in [1.29, 1.82) is 0 Å². The second-order valence-corrected chi connectivity index (χ2v) is 9.37. The van der Waals surface area contributed by atoms with Crippen LogP contribution in [0.1, 0.15) is 44.2 Å². The van der Waals surface area contributed by atoms with Crippen molar-refractivity contribution in [2.75, 3.05) is 13.1 Å². The molecule has 0 unspecified atom stereocenters. The van der Waals surface area contributed by atoms with E-state index in [-0.39, 0.29) is 18.1 Å². The van der Waals surface area contributed by atoms with E-state index in [9.17, 15) is 9.90 Å². The Balaban J connectivity index is 1.35. The third-order valence-electron chi connectivity index (χ3n) is 5.93. The standard InChI is InChI=1S/C22H25N5O2S/c1-15-7-8-19(30-15)22(29)25-9-10-27-20(14-25)23-24-21(27)18-11-17(28)13-26(18)12-16-5-3-2-4-6-16/h2-8,17-18,28H,9-14H2,1H3/t17-,18-/m0/s1. The van der Waals surface area contributed by atoms with Gasteiger partial charge in [-0.05, 0) is 31.0 Å². The lowest BCUT2D eigenvalue weighted by Gasteiger charge is -2.29. The average molecular weight is 424 g/mol. The van der Waals surface area contributed by atoms with Gasteiger partial charge in [-0.3, -0.25) is 9.69 Å². The minimum Gasteiger partial charge on any atom is -0.392 e. The molecule has 4 heterocycles. The van der Waals surface area contributed by atoms with Crippen molar-refractivity contribution in [1.82, 2.24) is 24.6 Å². The highest BCUT2D eigenvalue weighted by molar-refractivity contribution is 7.13. The van der Waals surface area contributed by atoms with Crippen LogP contribution in [-0.2, 0) is 19.6 Å². The Morgan fingerprint density at radius 3 is 2.77 bits per heavy atom. The number of aromatic nitrogens is 3. The summed E-state index contributed by atoms with van der Waals surface area (Å²) in [6, 6.07) is 14.2. The summed E-state index contributed by atoms with van der Waals surface area (Å²) in [4.78, 5) is 18.9. The SMILES string of the molecule is Cc1ccc(C(=O)N2CCn3c(nnc3[C@@H]3C[C@H](O)CN3Cc3ccccc3)C2)s1. The monoisotopic (exact) mass is 423 g/mol. The summed E-state index contributed by atoms with van der Waals surface area (Å²) < 4.78 is 2.14. The molecule has 0 spiro atoms. The minimum atomic E-state index is -0.365. The summed E-state index contributed by atoms with van der Waals surface area (Å²) >= 11 is 1.53. The molecule has 1 aromatic carbocycles. The number of nitrogens with zero attached hydrogens (tertiary/aromatic N) is 5. The highest BCUT2D eigenvalue weighted by Crippen LogP contribution is 2.33. The highest BCUT2D eigenvalue weighted by atomic mass is 32.1. The van der Waals surface area contributed by atoms with Gasteiger partial charge in [-0.1, -0.05) is 30.3 Å². The van der Waals surface area contributed by atoms with E-state index in [0.717, 1.165) is 27.9 Å². The Morgan fingerprint density at radius 1 is 1.17 bits per heavy atom. The van der Waals surface area contributed by atoms with Crippen molar-refractivity contribution in [2.45, 2.75) is 45.1 Å². The second kappa shape index (κ2) is 7.94. The van der Waals surface area contributed by atoms with Crippen molar-refractivity contribution in [2.24, 2.45) is 0 Å². The zero-order valence-electron chi connectivity index (χ0n) is 16.9. The molecule has 2 aliphatic heterocycles. The maximum Gasteiger partial charge on any atom is 0.264 e. The van der Waals surface area contributed by atoms with Crippen LogP contribution < -0.4 is 0 Å². The zero-order chi connectivity index (χ0) is 20.7. The maximum atomic E-state index is 12.8. The number of hydrogen-bond acceptors (Lipinski definition) is 6. The van der Waals surface area contributed by atoms with Gasteiger partial charge in [0.1, 0.15) is 0 Å². The highest BCUT2D eigenvalue weighted by Gasteiger charge is 2.37. The van der Waals surface area contributed by atoms with Crippen LogP contribution in [0.5, 0.6) is 0 Å². The van der Waals surface area contributed by atoms with E-state index in [1.807, 2.05) is 42.2 Å². The van der Waals surface area contributed by atoms with E-state index in [1.165, 1.54) is 16.9 Å². The number of amides is 1. The van der Waals surface area contributed by atoms with E-state index >= 15 is 0 Å². The molecule has 0 bridgehead atoms. The molecule has 1 amide bonds. The first-order valence-corrected chi connectivity index (χ1v) is 11.1. The number of likely N-dealkylation sites (tertiary alicyclic amines) is 1. The summed E-state index contributed by atoms with van der Waals surface area (Å²) in [6.07, 6.45) is 0.289. The molecule has 7 nitrogen and oxygen atoms in total. The number of β-amino-alcohol motifs (C(OH)–C–C–N with tert-alkyl or cyclic N) is 1. The lowest BCUT2D eigenvalue weighted by molar-refractivity contribution is 0.0709. The number of carbonyl (C=O) groups is 1. The number of benzene rings is 1. The van der Waals surface area contributed by atoms with Crippen molar-refractivity contribution in [3.05, 3.63) is 69.4 Å². The normalized spacial score (nSPS) is 21.7. The van der Waals surface area contributed by atoms with Gasteiger partial charge in [0.15, 0.2) is 11.6 Å². The number of hydrogen-bond donors (Lipinski definition) is 1. The van der Waals surface area contributed by atoms with Crippen LogP contribution in [-0.4, -0.2) is 54.8 Å². The second-order valence-electron chi connectivity index (χ2n) is 8.08. The first kappa shape index (κ1) is 19.4. The van der Waals surface area contributed by atoms with Gasteiger partial charge in [-0.15, -0.1) is 21.5 Å². The van der Waals surface area contributed by atoms with Gasteiger partial charge in [-0.2, -0.15) is 0 Å². The van der Waals surface area contributed by atoms with Crippen LogP contribution in [0.25, 0.3) is 0 Å². The van der Waals surface area contributed by atoms with E-state index in [2.05, 4.69) is 31.8 Å². The van der Waals surface area contributed by atoms with Gasteiger partial charge in [-0.25, -0.2) is 0 Å². The molecule has 156 valence electrons. The molecule has 1 saturated heterocycles. The fourth-order valence-electron chi connectivity index (χ4n) is 4.45. The van der Waals surface area contributed by atoms with Crippen molar-refractivity contribution < 1.29 is 9.90 Å². The van der Waals surface area contributed by atoms with E-state index < -0.39 is 0 Å². The predicted molar refractivity (Wildman–Crippen MR) is 114 cm³/mol. The lowest BCUT2D eigenvalue weighted by atomic mass is 10.1. The first-order valence-electron chi connectivity index (χ1n) is 10.3. The van der Waals surface area contributed by atoms with Gasteiger partial charge in [0, 0.05) is 31.1 Å². The summed E-state index contributed by atoms with van der Waals surface area (Å²) in [7, 11) is 0. The van der Waals surface area contributed by atoms with Crippen LogP contribution >= 0.6 is 11.3 Å². The van der Waals surface area contributed by atoms with Crippen LogP contribution in [0, 0.1) is 6.92 Å². The van der Waals surface area contributed by atoms with Gasteiger partial charge in [0.05, 0.1) is 23.6 Å². The topological polar surface area (TPSA) is 74.5 Å². The van der Waals surface area contributed by atoms with Crippen molar-refractivity contribution in [3.63, 3.8) is 0 Å². The quantitative estimate of drug-likeness (QED) is 0.698. The fourth-order valence-corrected chi connectivity index (χ4v) is 5.28. The van der Waals surface area contributed by atoms with Gasteiger partial charge >= 0.3 is 0 Å². The van der Waals surface area contributed by atoms with Crippen LogP contribution in [0.2, 0.25) is 0 Å². The first-order chi connectivity index (χ1) is 14.6. The number of rotatable bonds is 4. The van der Waals surface area contributed by atoms with E-state index in [0.29, 0.717) is 32.6 Å². The van der Waals surface area contributed by atoms with Gasteiger partial charge in [0.25, 0.3) is 5.91 Å².